The predicted molar refractivity (Wildman–Crippen MR) is 99.8 cm³/mol. The molecule has 0 radical (unpaired) electrons. The molecule has 0 bridgehead atoms. The second kappa shape index (κ2) is 10.6. The Hall–Kier alpha value is -2.48. The molecule has 27 heavy (non-hydrogen) atoms. The van der Waals surface area contributed by atoms with Crippen LogP contribution in [0.3, 0.4) is 0 Å². The molecule has 150 valence electrons. The number of carbonyl (C=O) groups excluding carboxylic acids is 2. The van der Waals surface area contributed by atoms with Gasteiger partial charge < -0.3 is 20.1 Å². The first-order chi connectivity index (χ1) is 13.1. The molecule has 1 aromatic carbocycles. The second-order valence-electron chi connectivity index (χ2n) is 6.72. The van der Waals surface area contributed by atoms with Gasteiger partial charge in [-0.2, -0.15) is 0 Å². The van der Waals surface area contributed by atoms with Gasteiger partial charge in [-0.15, -0.1) is 0 Å². The van der Waals surface area contributed by atoms with Crippen LogP contribution in [0.25, 0.3) is 0 Å². The Morgan fingerprint density at radius 1 is 1.30 bits per heavy atom. The van der Waals surface area contributed by atoms with Crippen molar-refractivity contribution in [1.29, 1.82) is 0 Å². The maximum absolute atomic E-state index is 12.4. The summed E-state index contributed by atoms with van der Waals surface area (Å²) >= 11 is 0. The Bertz CT molecular complexity index is 619. The van der Waals surface area contributed by atoms with Crippen molar-refractivity contribution < 1.29 is 24.3 Å². The van der Waals surface area contributed by atoms with Gasteiger partial charge in [0.15, 0.2) is 11.5 Å². The summed E-state index contributed by atoms with van der Waals surface area (Å²) in [5, 5.41) is 15.8. The molecule has 0 aliphatic heterocycles. The molecule has 0 heterocycles. The average Bonchev–Trinajstić information content (AvgIpc) is 3.23. The van der Waals surface area contributed by atoms with Crippen LogP contribution in [-0.2, 0) is 11.3 Å². The van der Waals surface area contributed by atoms with E-state index in [9.17, 15) is 14.8 Å². The zero-order valence-electron chi connectivity index (χ0n) is 15.9. The number of ether oxygens (including phenoxy) is 2. The molecule has 2 rings (SSSR count). The van der Waals surface area contributed by atoms with Crippen LogP contribution in [0.1, 0.15) is 37.7 Å². The molecule has 1 aromatic rings. The fraction of sp³-hybridized carbons (Fsp3) is 0.579. The largest absolute Gasteiger partial charge is 0.493 e. The third-order valence-corrected chi connectivity index (χ3v) is 4.98. The van der Waals surface area contributed by atoms with Crippen molar-refractivity contribution >= 4 is 12.4 Å². The van der Waals surface area contributed by atoms with Gasteiger partial charge >= 0.3 is 6.03 Å². The smallest absolute Gasteiger partial charge is 0.315 e. The Labute approximate surface area is 159 Å². The highest BCUT2D eigenvalue weighted by molar-refractivity contribution is 5.74. The van der Waals surface area contributed by atoms with Crippen molar-refractivity contribution in [3.8, 4) is 11.5 Å². The van der Waals surface area contributed by atoms with Crippen LogP contribution >= 0.6 is 0 Å². The third-order valence-electron chi connectivity index (χ3n) is 4.98. The topological polar surface area (TPSA) is 100 Å². The predicted octanol–water partition coefficient (Wildman–Crippen LogP) is 2.30. The molecule has 0 saturated heterocycles. The zero-order chi connectivity index (χ0) is 19.6. The lowest BCUT2D eigenvalue weighted by Gasteiger charge is -2.25. The number of methoxy groups -OCH3 is 2. The summed E-state index contributed by atoms with van der Waals surface area (Å²) in [6.45, 7) is 0.546. The molecule has 8 nitrogen and oxygen atoms in total. The van der Waals surface area contributed by atoms with Crippen LogP contribution in [0, 0.1) is 5.92 Å². The van der Waals surface area contributed by atoms with Gasteiger partial charge in [0.25, 0.3) is 0 Å². The number of rotatable bonds is 10. The van der Waals surface area contributed by atoms with Crippen molar-refractivity contribution in [3.05, 3.63) is 23.8 Å². The van der Waals surface area contributed by atoms with Gasteiger partial charge in [-0.25, -0.2) is 9.86 Å². The lowest BCUT2D eigenvalue weighted by atomic mass is 9.95. The molecule has 8 heteroatoms. The van der Waals surface area contributed by atoms with Crippen LogP contribution in [0.2, 0.25) is 0 Å². The first kappa shape index (κ1) is 20.8. The third kappa shape index (κ3) is 6.32. The lowest BCUT2D eigenvalue weighted by Crippen LogP contribution is -2.46. The van der Waals surface area contributed by atoms with E-state index in [0.717, 1.165) is 31.2 Å². The van der Waals surface area contributed by atoms with Gasteiger partial charge in [0, 0.05) is 12.6 Å². The molecular formula is C19H29N3O5. The summed E-state index contributed by atoms with van der Waals surface area (Å²) in [6.07, 6.45) is 5.28. The van der Waals surface area contributed by atoms with Crippen LogP contribution in [0.4, 0.5) is 4.79 Å². The highest BCUT2D eigenvalue weighted by Gasteiger charge is 2.26. The number of urea groups is 1. The van der Waals surface area contributed by atoms with Crippen molar-refractivity contribution in [2.45, 2.75) is 44.7 Å². The summed E-state index contributed by atoms with van der Waals surface area (Å²) in [6, 6.07) is 5.14. The Morgan fingerprint density at radius 2 is 2.00 bits per heavy atom. The SMILES string of the molecule is COc1ccc(CNC(=O)NC(CCN(O)C=O)C2CCCC2)cc1OC. The molecule has 1 unspecified atom stereocenters. The number of hydrogen-bond donors (Lipinski definition) is 3. The number of hydrogen-bond acceptors (Lipinski definition) is 5. The Balaban J connectivity index is 1.89. The molecule has 3 amide bonds. The number of carbonyl (C=O) groups is 2. The molecular weight excluding hydrogens is 350 g/mol. The van der Waals surface area contributed by atoms with E-state index in [4.69, 9.17) is 9.47 Å². The number of nitrogens with one attached hydrogen (secondary N) is 2. The Morgan fingerprint density at radius 3 is 2.63 bits per heavy atom. The van der Waals surface area contributed by atoms with Crippen molar-refractivity contribution in [3.63, 3.8) is 0 Å². The minimum Gasteiger partial charge on any atom is -0.493 e. The van der Waals surface area contributed by atoms with Crippen LogP contribution < -0.4 is 20.1 Å². The highest BCUT2D eigenvalue weighted by atomic mass is 16.5. The lowest BCUT2D eigenvalue weighted by molar-refractivity contribution is -0.150. The Kier molecular flexibility index (Phi) is 8.19. The number of amides is 3. The van der Waals surface area contributed by atoms with E-state index < -0.39 is 0 Å². The maximum atomic E-state index is 12.4. The standard InChI is InChI=1S/C19H29N3O5/c1-26-17-8-7-14(11-18(17)27-2)12-20-19(24)21-16(9-10-22(25)13-23)15-5-3-4-6-15/h7-8,11,13,15-16,25H,3-6,9-10,12H2,1-2H3,(H2,20,21,24). The summed E-state index contributed by atoms with van der Waals surface area (Å²) in [4.78, 5) is 22.9. The van der Waals surface area contributed by atoms with Crippen LogP contribution in [-0.4, -0.2) is 49.5 Å². The van der Waals surface area contributed by atoms with Gasteiger partial charge in [0.05, 0.1) is 20.8 Å². The maximum Gasteiger partial charge on any atom is 0.315 e. The van der Waals surface area contributed by atoms with Crippen LogP contribution in [0.15, 0.2) is 18.2 Å². The molecule has 1 atom stereocenters. The number of nitrogens with zero attached hydrogens (tertiary/aromatic N) is 1. The highest BCUT2D eigenvalue weighted by Crippen LogP contribution is 2.29. The molecule has 1 aliphatic rings. The average molecular weight is 379 g/mol. The monoisotopic (exact) mass is 379 g/mol. The molecule has 1 fully saturated rings. The first-order valence-electron chi connectivity index (χ1n) is 9.23. The second-order valence-corrected chi connectivity index (χ2v) is 6.72. The molecule has 0 aromatic heterocycles. The van der Waals surface area contributed by atoms with E-state index in [1.165, 1.54) is 0 Å². The summed E-state index contributed by atoms with van der Waals surface area (Å²) in [5.41, 5.74) is 0.891. The van der Waals surface area contributed by atoms with E-state index in [-0.39, 0.29) is 18.6 Å². The van der Waals surface area contributed by atoms with E-state index in [1.807, 2.05) is 12.1 Å². The van der Waals surface area contributed by atoms with E-state index in [1.54, 1.807) is 20.3 Å². The normalized spacial score (nSPS) is 15.1. The van der Waals surface area contributed by atoms with E-state index in [0.29, 0.717) is 41.9 Å². The van der Waals surface area contributed by atoms with Gasteiger partial charge in [-0.1, -0.05) is 18.9 Å². The fourth-order valence-electron chi connectivity index (χ4n) is 3.50. The van der Waals surface area contributed by atoms with E-state index in [2.05, 4.69) is 10.6 Å². The van der Waals surface area contributed by atoms with Crippen LogP contribution in [0.5, 0.6) is 11.5 Å². The van der Waals surface area contributed by atoms with Crippen molar-refractivity contribution in [1.82, 2.24) is 15.7 Å². The van der Waals surface area contributed by atoms with Gasteiger partial charge in [-0.05, 0) is 42.9 Å². The molecule has 1 aliphatic carbocycles. The molecule has 3 N–H and O–H groups in total. The van der Waals surface area contributed by atoms with E-state index >= 15 is 0 Å². The minimum atomic E-state index is -0.266. The first-order valence-corrected chi connectivity index (χ1v) is 9.23. The van der Waals surface area contributed by atoms with Crippen molar-refractivity contribution in [2.75, 3.05) is 20.8 Å². The van der Waals surface area contributed by atoms with Gasteiger partial charge in [-0.3, -0.25) is 10.0 Å². The summed E-state index contributed by atoms with van der Waals surface area (Å²) in [7, 11) is 3.14. The van der Waals surface area contributed by atoms with Gasteiger partial charge in [0.1, 0.15) is 0 Å². The molecule has 1 saturated carbocycles. The summed E-state index contributed by atoms with van der Waals surface area (Å²) < 4.78 is 10.5. The zero-order valence-corrected chi connectivity index (χ0v) is 15.9. The van der Waals surface area contributed by atoms with Crippen molar-refractivity contribution in [2.24, 2.45) is 5.92 Å². The summed E-state index contributed by atoms with van der Waals surface area (Å²) in [5.74, 6) is 1.62. The molecule has 0 spiro atoms. The number of benzene rings is 1. The number of hydroxylamine groups is 2. The minimum absolute atomic E-state index is 0.0764. The fourth-order valence-corrected chi connectivity index (χ4v) is 3.50. The quantitative estimate of drug-likeness (QED) is 0.329. The van der Waals surface area contributed by atoms with Gasteiger partial charge in [0.2, 0.25) is 6.41 Å².